The van der Waals surface area contributed by atoms with Crippen molar-refractivity contribution in [2.75, 3.05) is 11.9 Å². The Balaban J connectivity index is 2.02. The van der Waals surface area contributed by atoms with Gasteiger partial charge in [-0.15, -0.1) is 0 Å². The average molecular weight is 356 g/mol. The SMILES string of the molecule is CCOC(=O)c1cccc(NC(=S)N[C@H](CC)c2ccc(C)cc2)c1. The number of benzene rings is 2. The third kappa shape index (κ3) is 5.57. The molecule has 5 heteroatoms. The first-order chi connectivity index (χ1) is 12.0. The van der Waals surface area contributed by atoms with Gasteiger partial charge in [-0.25, -0.2) is 4.79 Å². The van der Waals surface area contributed by atoms with Crippen LogP contribution < -0.4 is 10.6 Å². The number of thiocarbonyl (C=S) groups is 1. The molecule has 2 rings (SSSR count). The zero-order valence-electron chi connectivity index (χ0n) is 14.8. The molecule has 0 bridgehead atoms. The van der Waals surface area contributed by atoms with Gasteiger partial charge >= 0.3 is 5.97 Å². The topological polar surface area (TPSA) is 50.4 Å². The van der Waals surface area contributed by atoms with Crippen molar-refractivity contribution in [2.24, 2.45) is 0 Å². The molecular weight excluding hydrogens is 332 g/mol. The van der Waals surface area contributed by atoms with Crippen LogP contribution in [0.1, 0.15) is 47.8 Å². The van der Waals surface area contributed by atoms with Crippen molar-refractivity contribution in [3.8, 4) is 0 Å². The summed E-state index contributed by atoms with van der Waals surface area (Å²) >= 11 is 5.43. The number of aryl methyl sites for hydroxylation is 1. The molecule has 0 unspecified atom stereocenters. The maximum atomic E-state index is 11.8. The smallest absolute Gasteiger partial charge is 0.338 e. The molecule has 0 aliphatic heterocycles. The molecule has 2 N–H and O–H groups in total. The maximum absolute atomic E-state index is 11.8. The molecule has 0 aliphatic rings. The molecule has 2 aromatic carbocycles. The molecule has 0 fully saturated rings. The van der Waals surface area contributed by atoms with Gasteiger partial charge in [-0.05, 0) is 56.2 Å². The van der Waals surface area contributed by atoms with E-state index in [-0.39, 0.29) is 12.0 Å². The van der Waals surface area contributed by atoms with Crippen LogP contribution in [-0.4, -0.2) is 17.7 Å². The molecular formula is C20H24N2O2S. The van der Waals surface area contributed by atoms with Gasteiger partial charge in [0.05, 0.1) is 18.2 Å². The summed E-state index contributed by atoms with van der Waals surface area (Å²) in [5.74, 6) is -0.337. The fraction of sp³-hybridized carbons (Fsp3) is 0.300. The number of anilines is 1. The summed E-state index contributed by atoms with van der Waals surface area (Å²) in [6, 6.07) is 15.7. The summed E-state index contributed by atoms with van der Waals surface area (Å²) in [6.07, 6.45) is 0.910. The summed E-state index contributed by atoms with van der Waals surface area (Å²) in [4.78, 5) is 11.8. The fourth-order valence-electron chi connectivity index (χ4n) is 2.48. The normalized spacial score (nSPS) is 11.5. The third-order valence-electron chi connectivity index (χ3n) is 3.82. The van der Waals surface area contributed by atoms with Crippen molar-refractivity contribution in [2.45, 2.75) is 33.2 Å². The van der Waals surface area contributed by atoms with Crippen LogP contribution in [0.15, 0.2) is 48.5 Å². The molecule has 2 aromatic rings. The Morgan fingerprint density at radius 1 is 1.16 bits per heavy atom. The minimum absolute atomic E-state index is 0.133. The predicted molar refractivity (Wildman–Crippen MR) is 106 cm³/mol. The second-order valence-corrected chi connectivity index (χ2v) is 6.18. The van der Waals surface area contributed by atoms with E-state index in [9.17, 15) is 4.79 Å². The van der Waals surface area contributed by atoms with E-state index in [2.05, 4.69) is 48.7 Å². The Labute approximate surface area is 154 Å². The highest BCUT2D eigenvalue weighted by Crippen LogP contribution is 2.18. The summed E-state index contributed by atoms with van der Waals surface area (Å²) in [5.41, 5.74) is 3.68. The van der Waals surface area contributed by atoms with E-state index in [0.29, 0.717) is 17.3 Å². The summed E-state index contributed by atoms with van der Waals surface area (Å²) in [5, 5.41) is 6.99. The van der Waals surface area contributed by atoms with Crippen LogP contribution in [0.5, 0.6) is 0 Å². The molecule has 25 heavy (non-hydrogen) atoms. The van der Waals surface area contributed by atoms with E-state index in [1.165, 1.54) is 11.1 Å². The van der Waals surface area contributed by atoms with Crippen molar-refractivity contribution < 1.29 is 9.53 Å². The predicted octanol–water partition coefficient (Wildman–Crippen LogP) is 4.61. The third-order valence-corrected chi connectivity index (χ3v) is 4.04. The van der Waals surface area contributed by atoms with E-state index in [1.807, 2.05) is 6.07 Å². The van der Waals surface area contributed by atoms with Crippen molar-refractivity contribution in [3.05, 3.63) is 65.2 Å². The number of rotatable bonds is 6. The van der Waals surface area contributed by atoms with E-state index in [4.69, 9.17) is 17.0 Å². The molecule has 0 spiro atoms. The number of hydrogen-bond acceptors (Lipinski definition) is 3. The lowest BCUT2D eigenvalue weighted by atomic mass is 10.0. The lowest BCUT2D eigenvalue weighted by molar-refractivity contribution is 0.0526. The quantitative estimate of drug-likeness (QED) is 0.585. The maximum Gasteiger partial charge on any atom is 0.338 e. The summed E-state index contributed by atoms with van der Waals surface area (Å²) < 4.78 is 5.02. The Kier molecular flexibility index (Phi) is 6.95. The van der Waals surface area contributed by atoms with Crippen LogP contribution in [0.2, 0.25) is 0 Å². The number of ether oxygens (including phenoxy) is 1. The average Bonchev–Trinajstić information content (AvgIpc) is 2.61. The van der Waals surface area contributed by atoms with Gasteiger partial charge in [0.25, 0.3) is 0 Å². The highest BCUT2D eigenvalue weighted by Gasteiger charge is 2.11. The Hall–Kier alpha value is -2.40. The van der Waals surface area contributed by atoms with Crippen LogP contribution in [0, 0.1) is 6.92 Å². The standard InChI is InChI=1S/C20H24N2O2S/c1-4-18(15-11-9-14(3)10-12-15)22-20(25)21-17-8-6-7-16(13-17)19(23)24-5-2/h6-13,18H,4-5H2,1-3H3,(H2,21,22,25)/t18-/m1/s1. The molecule has 0 amide bonds. The van der Waals surface area contributed by atoms with Gasteiger partial charge < -0.3 is 15.4 Å². The first-order valence-electron chi connectivity index (χ1n) is 8.44. The van der Waals surface area contributed by atoms with E-state index in [0.717, 1.165) is 12.1 Å². The van der Waals surface area contributed by atoms with Crippen LogP contribution >= 0.6 is 12.2 Å². The van der Waals surface area contributed by atoms with E-state index >= 15 is 0 Å². The van der Waals surface area contributed by atoms with Gasteiger partial charge in [-0.3, -0.25) is 0 Å². The number of carbonyl (C=O) groups is 1. The largest absolute Gasteiger partial charge is 0.462 e. The van der Waals surface area contributed by atoms with Crippen LogP contribution in [0.3, 0.4) is 0 Å². The number of esters is 1. The first-order valence-corrected chi connectivity index (χ1v) is 8.85. The summed E-state index contributed by atoms with van der Waals surface area (Å²) in [7, 11) is 0. The molecule has 0 radical (unpaired) electrons. The van der Waals surface area contributed by atoms with Gasteiger partial charge in [0.2, 0.25) is 0 Å². The number of carbonyl (C=O) groups excluding carboxylic acids is 1. The van der Waals surface area contributed by atoms with Crippen molar-refractivity contribution in [1.82, 2.24) is 5.32 Å². The van der Waals surface area contributed by atoms with Gasteiger partial charge in [0.1, 0.15) is 0 Å². The summed E-state index contributed by atoms with van der Waals surface area (Å²) in [6.45, 7) is 6.32. The fourth-order valence-corrected chi connectivity index (χ4v) is 2.74. The molecule has 0 saturated carbocycles. The molecule has 0 saturated heterocycles. The lowest BCUT2D eigenvalue weighted by Crippen LogP contribution is -2.32. The van der Waals surface area contributed by atoms with Gasteiger partial charge in [-0.2, -0.15) is 0 Å². The number of nitrogens with one attached hydrogen (secondary N) is 2. The van der Waals surface area contributed by atoms with E-state index < -0.39 is 0 Å². The highest BCUT2D eigenvalue weighted by atomic mass is 32.1. The van der Waals surface area contributed by atoms with Crippen molar-refractivity contribution >= 4 is 29.0 Å². The molecule has 4 nitrogen and oxygen atoms in total. The Bertz CT molecular complexity index is 729. The van der Waals surface area contributed by atoms with Crippen LogP contribution in [0.25, 0.3) is 0 Å². The van der Waals surface area contributed by atoms with Gasteiger partial charge in [0.15, 0.2) is 5.11 Å². The van der Waals surface area contributed by atoms with Gasteiger partial charge in [0, 0.05) is 5.69 Å². The number of hydrogen-bond donors (Lipinski definition) is 2. The van der Waals surface area contributed by atoms with Gasteiger partial charge in [-0.1, -0.05) is 42.8 Å². The minimum atomic E-state index is -0.337. The molecule has 1 atom stereocenters. The molecule has 0 heterocycles. The molecule has 0 aliphatic carbocycles. The lowest BCUT2D eigenvalue weighted by Gasteiger charge is -2.20. The van der Waals surface area contributed by atoms with Crippen molar-refractivity contribution in [3.63, 3.8) is 0 Å². The van der Waals surface area contributed by atoms with Crippen LogP contribution in [-0.2, 0) is 4.74 Å². The zero-order valence-corrected chi connectivity index (χ0v) is 15.7. The Morgan fingerprint density at radius 3 is 2.52 bits per heavy atom. The highest BCUT2D eigenvalue weighted by molar-refractivity contribution is 7.80. The monoisotopic (exact) mass is 356 g/mol. The molecule has 0 aromatic heterocycles. The first kappa shape index (κ1) is 18.9. The second kappa shape index (κ2) is 9.18. The van der Waals surface area contributed by atoms with Crippen molar-refractivity contribution in [1.29, 1.82) is 0 Å². The Morgan fingerprint density at radius 2 is 1.88 bits per heavy atom. The van der Waals surface area contributed by atoms with E-state index in [1.54, 1.807) is 25.1 Å². The minimum Gasteiger partial charge on any atom is -0.462 e. The zero-order chi connectivity index (χ0) is 18.2. The molecule has 132 valence electrons. The van der Waals surface area contributed by atoms with Crippen LogP contribution in [0.4, 0.5) is 5.69 Å². The second-order valence-electron chi connectivity index (χ2n) is 5.77.